The van der Waals surface area contributed by atoms with E-state index in [1.54, 1.807) is 6.07 Å². The van der Waals surface area contributed by atoms with Gasteiger partial charge >= 0.3 is 0 Å². The van der Waals surface area contributed by atoms with E-state index in [1.807, 2.05) is 19.2 Å². The summed E-state index contributed by atoms with van der Waals surface area (Å²) in [6, 6.07) is 11.7. The van der Waals surface area contributed by atoms with Crippen LogP contribution in [0.3, 0.4) is 0 Å². The molecular formula is C18H22FNO. The van der Waals surface area contributed by atoms with Gasteiger partial charge in [-0.2, -0.15) is 0 Å². The summed E-state index contributed by atoms with van der Waals surface area (Å²) in [6.07, 6.45) is 0.587. The molecule has 2 rings (SSSR count). The van der Waals surface area contributed by atoms with Crippen LogP contribution in [0.25, 0.3) is 0 Å². The number of ether oxygens (including phenoxy) is 1. The van der Waals surface area contributed by atoms with E-state index in [2.05, 4.69) is 37.4 Å². The molecule has 0 radical (unpaired) electrons. The highest BCUT2D eigenvalue weighted by atomic mass is 19.1. The molecule has 0 heterocycles. The van der Waals surface area contributed by atoms with Gasteiger partial charge in [-0.15, -0.1) is 0 Å². The van der Waals surface area contributed by atoms with E-state index < -0.39 is 0 Å². The van der Waals surface area contributed by atoms with Gasteiger partial charge in [-0.25, -0.2) is 4.39 Å². The highest BCUT2D eigenvalue weighted by Gasteiger charge is 2.16. The standard InChI is InChI=1S/C18H22FNO/c1-12-8-9-13(2)15(10-12)16(20-3)11-14-6-5-7-17(21-4)18(14)19/h5-10,16,20H,11H2,1-4H3. The number of hydrogen-bond acceptors (Lipinski definition) is 2. The van der Waals surface area contributed by atoms with E-state index in [0.717, 1.165) is 0 Å². The second-order valence-corrected chi connectivity index (χ2v) is 5.34. The van der Waals surface area contributed by atoms with Crippen molar-refractivity contribution in [3.05, 3.63) is 64.5 Å². The Hall–Kier alpha value is -1.87. The molecule has 1 N–H and O–H groups in total. The third-order valence-electron chi connectivity index (χ3n) is 3.85. The Morgan fingerprint density at radius 2 is 1.95 bits per heavy atom. The Bertz CT molecular complexity index is 625. The van der Waals surface area contributed by atoms with E-state index in [-0.39, 0.29) is 11.9 Å². The van der Waals surface area contributed by atoms with Crippen LogP contribution in [0.2, 0.25) is 0 Å². The van der Waals surface area contributed by atoms with Gasteiger partial charge in [-0.1, -0.05) is 35.9 Å². The first kappa shape index (κ1) is 15.5. The molecule has 1 unspecified atom stereocenters. The molecule has 0 saturated heterocycles. The third kappa shape index (κ3) is 3.42. The number of benzene rings is 2. The quantitative estimate of drug-likeness (QED) is 0.899. The van der Waals surface area contributed by atoms with Gasteiger partial charge in [0.2, 0.25) is 0 Å². The maximum Gasteiger partial charge on any atom is 0.168 e. The van der Waals surface area contributed by atoms with Crippen molar-refractivity contribution in [1.82, 2.24) is 5.32 Å². The average Bonchev–Trinajstić information content (AvgIpc) is 2.49. The number of rotatable bonds is 5. The molecule has 1 atom stereocenters. The molecular weight excluding hydrogens is 265 g/mol. The second-order valence-electron chi connectivity index (χ2n) is 5.34. The van der Waals surface area contributed by atoms with Crippen molar-refractivity contribution in [2.75, 3.05) is 14.2 Å². The summed E-state index contributed by atoms with van der Waals surface area (Å²) >= 11 is 0. The molecule has 0 amide bonds. The molecule has 0 aliphatic rings. The molecule has 2 nitrogen and oxygen atoms in total. The van der Waals surface area contributed by atoms with Crippen molar-refractivity contribution in [2.24, 2.45) is 0 Å². The predicted octanol–water partition coefficient (Wildman–Crippen LogP) is 3.95. The minimum atomic E-state index is -0.273. The summed E-state index contributed by atoms with van der Waals surface area (Å²) in [4.78, 5) is 0. The molecule has 0 aliphatic heterocycles. The van der Waals surface area contributed by atoms with E-state index >= 15 is 0 Å². The maximum absolute atomic E-state index is 14.3. The topological polar surface area (TPSA) is 21.3 Å². The lowest BCUT2D eigenvalue weighted by Gasteiger charge is -2.20. The Kier molecular flexibility index (Phi) is 4.97. The first-order valence-electron chi connectivity index (χ1n) is 7.12. The van der Waals surface area contributed by atoms with Crippen molar-refractivity contribution >= 4 is 0 Å². The zero-order valence-electron chi connectivity index (χ0n) is 13.0. The van der Waals surface area contributed by atoms with E-state index in [4.69, 9.17) is 4.74 Å². The fourth-order valence-electron chi connectivity index (χ4n) is 2.59. The highest BCUT2D eigenvalue weighted by Crippen LogP contribution is 2.27. The number of nitrogens with one attached hydrogen (secondary N) is 1. The molecule has 2 aromatic carbocycles. The number of hydrogen-bond donors (Lipinski definition) is 1. The maximum atomic E-state index is 14.3. The zero-order valence-corrected chi connectivity index (χ0v) is 13.0. The lowest BCUT2D eigenvalue weighted by molar-refractivity contribution is 0.383. The molecule has 0 spiro atoms. The van der Waals surface area contributed by atoms with Crippen LogP contribution >= 0.6 is 0 Å². The summed E-state index contributed by atoms with van der Waals surface area (Å²) in [7, 11) is 3.40. The van der Waals surface area contributed by atoms with Crippen molar-refractivity contribution in [3.8, 4) is 5.75 Å². The van der Waals surface area contributed by atoms with Gasteiger partial charge in [-0.3, -0.25) is 0 Å². The second kappa shape index (κ2) is 6.72. The van der Waals surface area contributed by atoms with Crippen LogP contribution in [0.15, 0.2) is 36.4 Å². The van der Waals surface area contributed by atoms with Crippen molar-refractivity contribution in [2.45, 2.75) is 26.3 Å². The summed E-state index contributed by atoms with van der Waals surface area (Å²) in [5.74, 6) is 0.0221. The van der Waals surface area contributed by atoms with E-state index in [1.165, 1.54) is 23.8 Å². The third-order valence-corrected chi connectivity index (χ3v) is 3.85. The van der Waals surface area contributed by atoms with Crippen LogP contribution in [-0.4, -0.2) is 14.2 Å². The Balaban J connectivity index is 2.33. The van der Waals surface area contributed by atoms with Gasteiger partial charge in [-0.05, 0) is 50.1 Å². The van der Waals surface area contributed by atoms with Gasteiger partial charge < -0.3 is 10.1 Å². The summed E-state index contributed by atoms with van der Waals surface area (Å²) in [5, 5.41) is 3.29. The smallest absolute Gasteiger partial charge is 0.168 e. The molecule has 0 aromatic heterocycles. The van der Waals surface area contributed by atoms with Gasteiger partial charge in [0.05, 0.1) is 7.11 Å². The highest BCUT2D eigenvalue weighted by molar-refractivity contribution is 5.36. The summed E-state index contributed by atoms with van der Waals surface area (Å²) < 4.78 is 19.4. The molecule has 0 bridgehead atoms. The largest absolute Gasteiger partial charge is 0.494 e. The van der Waals surface area contributed by atoms with Gasteiger partial charge in [0, 0.05) is 6.04 Å². The van der Waals surface area contributed by atoms with Crippen LogP contribution in [0.1, 0.15) is 28.3 Å². The van der Waals surface area contributed by atoms with Crippen LogP contribution < -0.4 is 10.1 Å². The number of likely N-dealkylation sites (N-methyl/N-ethyl adjacent to an activating group) is 1. The minimum Gasteiger partial charge on any atom is -0.494 e. The summed E-state index contributed by atoms with van der Waals surface area (Å²) in [5.41, 5.74) is 4.29. The van der Waals surface area contributed by atoms with E-state index in [9.17, 15) is 4.39 Å². The minimum absolute atomic E-state index is 0.0755. The van der Waals surface area contributed by atoms with Gasteiger partial charge in [0.25, 0.3) is 0 Å². The van der Waals surface area contributed by atoms with Crippen LogP contribution in [0.5, 0.6) is 5.75 Å². The fraction of sp³-hybridized carbons (Fsp3) is 0.333. The average molecular weight is 287 g/mol. The lowest BCUT2D eigenvalue weighted by atomic mass is 9.94. The van der Waals surface area contributed by atoms with Crippen LogP contribution in [0.4, 0.5) is 4.39 Å². The zero-order chi connectivity index (χ0) is 15.4. The summed E-state index contributed by atoms with van der Waals surface area (Å²) in [6.45, 7) is 4.16. The SMILES string of the molecule is CNC(Cc1cccc(OC)c1F)c1cc(C)ccc1C. The molecule has 3 heteroatoms. The number of methoxy groups -OCH3 is 1. The first-order chi connectivity index (χ1) is 10.1. The number of aryl methyl sites for hydroxylation is 2. The Morgan fingerprint density at radius 1 is 1.19 bits per heavy atom. The number of halogens is 1. The van der Waals surface area contributed by atoms with Crippen molar-refractivity contribution < 1.29 is 9.13 Å². The Morgan fingerprint density at radius 3 is 2.62 bits per heavy atom. The normalized spacial score (nSPS) is 12.2. The van der Waals surface area contributed by atoms with Crippen LogP contribution in [0, 0.1) is 19.7 Å². The lowest BCUT2D eigenvalue weighted by Crippen LogP contribution is -2.20. The molecule has 0 saturated carbocycles. The van der Waals surface area contributed by atoms with Crippen LogP contribution in [-0.2, 0) is 6.42 Å². The molecule has 2 aromatic rings. The molecule has 0 fully saturated rings. The predicted molar refractivity (Wildman–Crippen MR) is 84.4 cm³/mol. The fourth-order valence-corrected chi connectivity index (χ4v) is 2.59. The van der Waals surface area contributed by atoms with Crippen molar-refractivity contribution in [3.63, 3.8) is 0 Å². The van der Waals surface area contributed by atoms with Gasteiger partial charge in [0.1, 0.15) is 0 Å². The molecule has 21 heavy (non-hydrogen) atoms. The Labute approximate surface area is 126 Å². The molecule has 112 valence electrons. The van der Waals surface area contributed by atoms with Gasteiger partial charge in [0.15, 0.2) is 11.6 Å². The monoisotopic (exact) mass is 287 g/mol. The van der Waals surface area contributed by atoms with E-state index in [0.29, 0.717) is 17.7 Å². The molecule has 0 aliphatic carbocycles. The van der Waals surface area contributed by atoms with Crippen molar-refractivity contribution in [1.29, 1.82) is 0 Å². The first-order valence-corrected chi connectivity index (χ1v) is 7.12.